The van der Waals surface area contributed by atoms with Crippen molar-refractivity contribution in [3.63, 3.8) is 0 Å². The average Bonchev–Trinajstić information content (AvgIpc) is 2.77. The number of nitrogens with zero attached hydrogens (tertiary/aromatic N) is 1. The Kier molecular flexibility index (Phi) is 9.68. The van der Waals surface area contributed by atoms with E-state index in [9.17, 15) is 14.4 Å². The Hall–Kier alpha value is -3.35. The molecular formula is C29H41N3O4. The second kappa shape index (κ2) is 12.1. The van der Waals surface area contributed by atoms with Crippen LogP contribution in [-0.4, -0.2) is 40.5 Å². The van der Waals surface area contributed by atoms with Crippen LogP contribution < -0.4 is 10.6 Å². The van der Waals surface area contributed by atoms with Gasteiger partial charge in [0, 0.05) is 11.7 Å². The fraction of sp³-hybridized carbons (Fsp3) is 0.483. The van der Waals surface area contributed by atoms with Gasteiger partial charge in [0.05, 0.1) is 0 Å². The van der Waals surface area contributed by atoms with E-state index in [1.54, 1.807) is 32.6 Å². The molecule has 0 saturated carbocycles. The minimum atomic E-state index is -0.896. The first kappa shape index (κ1) is 28.9. The number of aryl methyl sites for hydroxylation is 3. The van der Waals surface area contributed by atoms with Crippen LogP contribution in [0.3, 0.4) is 0 Å². The monoisotopic (exact) mass is 495 g/mol. The molecule has 0 bridgehead atoms. The van der Waals surface area contributed by atoms with Gasteiger partial charge in [-0.15, -0.1) is 0 Å². The standard InChI is InChI=1S/C29H41N3O4/c1-10-21(5)32(27(34)22(6)30-28(35)36-29(7,8)9)25(24-19(3)15-13-16-20(24)4)26(33)31-23-17-12-11-14-18(23)2/h11-17,21-22,25H,10H2,1-9H3,(H,30,35)(H,31,33). The molecule has 36 heavy (non-hydrogen) atoms. The Morgan fingerprint density at radius 2 is 1.47 bits per heavy atom. The van der Waals surface area contributed by atoms with Gasteiger partial charge in [0.2, 0.25) is 5.91 Å². The second-order valence-electron chi connectivity index (χ2n) is 10.4. The maximum atomic E-state index is 14.0. The van der Waals surface area contributed by atoms with Gasteiger partial charge >= 0.3 is 6.09 Å². The largest absolute Gasteiger partial charge is 0.444 e. The Morgan fingerprint density at radius 3 is 2.00 bits per heavy atom. The van der Waals surface area contributed by atoms with Crippen LogP contribution >= 0.6 is 0 Å². The van der Waals surface area contributed by atoms with Crippen LogP contribution in [0.2, 0.25) is 0 Å². The molecule has 7 heteroatoms. The van der Waals surface area contributed by atoms with E-state index in [0.29, 0.717) is 12.1 Å². The van der Waals surface area contributed by atoms with E-state index in [1.807, 2.05) is 77.1 Å². The Balaban J connectivity index is 2.55. The van der Waals surface area contributed by atoms with E-state index >= 15 is 0 Å². The average molecular weight is 496 g/mol. The molecule has 0 radical (unpaired) electrons. The van der Waals surface area contributed by atoms with Crippen molar-refractivity contribution in [1.29, 1.82) is 0 Å². The molecule has 0 aliphatic carbocycles. The molecule has 196 valence electrons. The number of rotatable bonds is 8. The molecular weight excluding hydrogens is 454 g/mol. The predicted molar refractivity (Wildman–Crippen MR) is 144 cm³/mol. The highest BCUT2D eigenvalue weighted by molar-refractivity contribution is 5.99. The van der Waals surface area contributed by atoms with E-state index in [0.717, 1.165) is 22.3 Å². The SMILES string of the molecule is CCC(C)N(C(=O)C(C)NC(=O)OC(C)(C)C)C(C(=O)Nc1ccccc1C)c1c(C)cccc1C. The molecule has 2 rings (SSSR count). The van der Waals surface area contributed by atoms with Crippen LogP contribution in [0.5, 0.6) is 0 Å². The summed E-state index contributed by atoms with van der Waals surface area (Å²) in [6.07, 6.45) is -0.0512. The van der Waals surface area contributed by atoms with Gasteiger partial charge < -0.3 is 20.3 Å². The molecule has 7 nitrogen and oxygen atoms in total. The lowest BCUT2D eigenvalue weighted by atomic mass is 9.92. The number of alkyl carbamates (subject to hydrolysis) is 1. The number of anilines is 1. The number of para-hydroxylation sites is 1. The van der Waals surface area contributed by atoms with Gasteiger partial charge in [0.25, 0.3) is 5.91 Å². The lowest BCUT2D eigenvalue weighted by Gasteiger charge is -2.38. The smallest absolute Gasteiger partial charge is 0.408 e. The quantitative estimate of drug-likeness (QED) is 0.482. The summed E-state index contributed by atoms with van der Waals surface area (Å²) in [6, 6.07) is 11.3. The Bertz CT molecular complexity index is 1070. The lowest BCUT2D eigenvalue weighted by Crippen LogP contribution is -2.54. The molecule has 2 aromatic rings. The van der Waals surface area contributed by atoms with Crippen molar-refractivity contribution in [2.24, 2.45) is 0 Å². The van der Waals surface area contributed by atoms with E-state index in [2.05, 4.69) is 10.6 Å². The molecule has 0 spiro atoms. The van der Waals surface area contributed by atoms with Crippen LogP contribution in [0.1, 0.15) is 76.3 Å². The zero-order valence-electron chi connectivity index (χ0n) is 23.1. The van der Waals surface area contributed by atoms with Crippen molar-refractivity contribution in [3.05, 3.63) is 64.7 Å². The van der Waals surface area contributed by atoms with E-state index in [-0.39, 0.29) is 17.9 Å². The molecule has 3 amide bonds. The number of ether oxygens (including phenoxy) is 1. The molecule has 0 fully saturated rings. The third-order valence-corrected chi connectivity index (χ3v) is 6.17. The van der Waals surface area contributed by atoms with Gasteiger partial charge in [-0.25, -0.2) is 4.79 Å². The van der Waals surface area contributed by atoms with Crippen LogP contribution in [0.4, 0.5) is 10.5 Å². The Morgan fingerprint density at radius 1 is 0.917 bits per heavy atom. The predicted octanol–water partition coefficient (Wildman–Crippen LogP) is 5.83. The molecule has 2 aromatic carbocycles. The first-order chi connectivity index (χ1) is 16.8. The number of hydrogen-bond acceptors (Lipinski definition) is 4. The van der Waals surface area contributed by atoms with E-state index in [4.69, 9.17) is 4.74 Å². The summed E-state index contributed by atoms with van der Waals surface area (Å²) in [5.41, 5.74) is 3.52. The summed E-state index contributed by atoms with van der Waals surface area (Å²) in [5.74, 6) is -0.664. The molecule has 0 saturated heterocycles. The van der Waals surface area contributed by atoms with Crippen molar-refractivity contribution in [1.82, 2.24) is 10.2 Å². The minimum Gasteiger partial charge on any atom is -0.444 e. The number of carbonyl (C=O) groups is 3. The molecule has 0 aliphatic heterocycles. The van der Waals surface area contributed by atoms with Crippen LogP contribution in [0.15, 0.2) is 42.5 Å². The third-order valence-electron chi connectivity index (χ3n) is 6.17. The second-order valence-corrected chi connectivity index (χ2v) is 10.4. The highest BCUT2D eigenvalue weighted by Crippen LogP contribution is 2.32. The Labute approximate surface area is 215 Å². The minimum absolute atomic E-state index is 0.271. The van der Waals surface area contributed by atoms with Crippen LogP contribution in [-0.2, 0) is 14.3 Å². The molecule has 3 unspecified atom stereocenters. The first-order valence-electron chi connectivity index (χ1n) is 12.5. The van der Waals surface area contributed by atoms with Crippen LogP contribution in [0, 0.1) is 20.8 Å². The summed E-state index contributed by atoms with van der Waals surface area (Å²) < 4.78 is 5.35. The highest BCUT2D eigenvalue weighted by atomic mass is 16.6. The maximum absolute atomic E-state index is 14.0. The summed E-state index contributed by atoms with van der Waals surface area (Å²) in [7, 11) is 0. The molecule has 2 N–H and O–H groups in total. The van der Waals surface area contributed by atoms with E-state index < -0.39 is 23.8 Å². The third kappa shape index (κ3) is 7.33. The zero-order chi connectivity index (χ0) is 27.2. The topological polar surface area (TPSA) is 87.7 Å². The zero-order valence-corrected chi connectivity index (χ0v) is 23.1. The number of benzene rings is 2. The van der Waals surface area contributed by atoms with Gasteiger partial charge in [-0.3, -0.25) is 9.59 Å². The highest BCUT2D eigenvalue weighted by Gasteiger charge is 2.38. The summed E-state index contributed by atoms with van der Waals surface area (Å²) in [4.78, 5) is 41.8. The molecule has 0 heterocycles. The van der Waals surface area contributed by atoms with Crippen molar-refractivity contribution in [2.45, 2.75) is 92.5 Å². The fourth-order valence-electron chi connectivity index (χ4n) is 4.13. The first-order valence-corrected chi connectivity index (χ1v) is 12.5. The van der Waals surface area contributed by atoms with Crippen molar-refractivity contribution < 1.29 is 19.1 Å². The van der Waals surface area contributed by atoms with Crippen molar-refractivity contribution >= 4 is 23.6 Å². The number of amides is 3. The summed E-state index contributed by atoms with van der Waals surface area (Å²) in [6.45, 7) is 16.6. The maximum Gasteiger partial charge on any atom is 0.408 e. The van der Waals surface area contributed by atoms with Gasteiger partial charge in [-0.05, 0) is 90.1 Å². The van der Waals surface area contributed by atoms with Gasteiger partial charge in [0.1, 0.15) is 17.7 Å². The molecule has 3 atom stereocenters. The van der Waals surface area contributed by atoms with Crippen LogP contribution in [0.25, 0.3) is 0 Å². The fourth-order valence-corrected chi connectivity index (χ4v) is 4.13. The normalized spacial score (nSPS) is 13.8. The van der Waals surface area contributed by atoms with Gasteiger partial charge in [-0.1, -0.05) is 43.3 Å². The van der Waals surface area contributed by atoms with Gasteiger partial charge in [0.15, 0.2) is 0 Å². The van der Waals surface area contributed by atoms with Crippen molar-refractivity contribution in [3.8, 4) is 0 Å². The van der Waals surface area contributed by atoms with Crippen molar-refractivity contribution in [2.75, 3.05) is 5.32 Å². The number of hydrogen-bond donors (Lipinski definition) is 2. The summed E-state index contributed by atoms with van der Waals surface area (Å²) >= 11 is 0. The number of nitrogens with one attached hydrogen (secondary N) is 2. The molecule has 0 aliphatic rings. The summed E-state index contributed by atoms with van der Waals surface area (Å²) in [5, 5.41) is 5.69. The van der Waals surface area contributed by atoms with E-state index in [1.165, 1.54) is 0 Å². The molecule has 0 aromatic heterocycles. The van der Waals surface area contributed by atoms with Gasteiger partial charge in [-0.2, -0.15) is 0 Å². The lowest BCUT2D eigenvalue weighted by molar-refractivity contribution is -0.143. The number of carbonyl (C=O) groups excluding carboxylic acids is 3.